The first-order valence-electron chi connectivity index (χ1n) is 9.15. The Hall–Kier alpha value is -2.59. The van der Waals surface area contributed by atoms with Crippen LogP contribution in [0.4, 0.5) is 22.4 Å². The minimum Gasteiger partial charge on any atom is -0.465 e. The summed E-state index contributed by atoms with van der Waals surface area (Å²) in [7, 11) is 1.91. The lowest BCUT2D eigenvalue weighted by Crippen LogP contribution is -2.51. The van der Waals surface area contributed by atoms with Gasteiger partial charge in [0.1, 0.15) is 11.0 Å². The van der Waals surface area contributed by atoms with Crippen molar-refractivity contribution in [3.8, 4) is 0 Å². The van der Waals surface area contributed by atoms with Crippen molar-refractivity contribution in [3.05, 3.63) is 23.0 Å². The largest absolute Gasteiger partial charge is 0.465 e. The van der Waals surface area contributed by atoms with Crippen molar-refractivity contribution in [1.29, 1.82) is 0 Å². The first-order chi connectivity index (χ1) is 13.4. The Labute approximate surface area is 166 Å². The minimum atomic E-state index is -0.833. The fourth-order valence-corrected chi connectivity index (χ4v) is 4.38. The molecule has 2 aromatic rings. The number of hydrogen-bond donors (Lipinski definition) is 4. The van der Waals surface area contributed by atoms with Crippen LogP contribution in [0.1, 0.15) is 31.4 Å². The highest BCUT2D eigenvalue weighted by Crippen LogP contribution is 2.38. The predicted molar refractivity (Wildman–Crippen MR) is 103 cm³/mol. The van der Waals surface area contributed by atoms with E-state index in [1.54, 1.807) is 17.0 Å². The van der Waals surface area contributed by atoms with Crippen LogP contribution in [0.2, 0.25) is 5.15 Å². The second-order valence-electron chi connectivity index (χ2n) is 7.25. The minimum absolute atomic E-state index is 0.0430. The van der Waals surface area contributed by atoms with Crippen LogP contribution in [-0.4, -0.2) is 66.5 Å². The number of aliphatic hydroxyl groups excluding tert-OH is 1. The number of amides is 1. The number of aromatic nitrogens is 4. The number of anilines is 3. The molecule has 0 aliphatic carbocycles. The Bertz CT molecular complexity index is 862. The Kier molecular flexibility index (Phi) is 4.98. The zero-order chi connectivity index (χ0) is 19.8. The molecule has 4 rings (SSSR count). The van der Waals surface area contributed by atoms with Crippen LogP contribution in [0.3, 0.4) is 0 Å². The third kappa shape index (κ3) is 3.57. The number of rotatable bonds is 5. The average molecular weight is 408 g/mol. The molecule has 2 aromatic heterocycles. The van der Waals surface area contributed by atoms with Crippen LogP contribution < -0.4 is 10.2 Å². The lowest BCUT2D eigenvalue weighted by molar-refractivity contribution is 0.0964. The molecule has 28 heavy (non-hydrogen) atoms. The molecule has 2 bridgehead atoms. The summed E-state index contributed by atoms with van der Waals surface area (Å²) in [6.45, 7) is -0.134. The van der Waals surface area contributed by atoms with Gasteiger partial charge in [0.2, 0.25) is 5.95 Å². The SMILES string of the molecule is CN(c1nc(Cl)cc(Nc2cc(CO)[nH]n2)n1)[C@@H]1C[C@H]2CC[C@@H](C1)N2C(=O)O. The van der Waals surface area contributed by atoms with E-state index in [-0.39, 0.29) is 24.7 Å². The van der Waals surface area contributed by atoms with E-state index >= 15 is 0 Å². The zero-order valence-electron chi connectivity index (χ0n) is 15.3. The van der Waals surface area contributed by atoms with Gasteiger partial charge in [-0.05, 0) is 25.7 Å². The van der Waals surface area contributed by atoms with Crippen molar-refractivity contribution in [2.75, 3.05) is 17.3 Å². The van der Waals surface area contributed by atoms with Gasteiger partial charge in [-0.3, -0.25) is 5.10 Å². The maximum atomic E-state index is 11.5. The van der Waals surface area contributed by atoms with Gasteiger partial charge >= 0.3 is 6.09 Å². The molecule has 2 aliphatic heterocycles. The van der Waals surface area contributed by atoms with Gasteiger partial charge in [0.05, 0.1) is 12.3 Å². The number of piperidine rings is 1. The van der Waals surface area contributed by atoms with E-state index in [1.165, 1.54) is 0 Å². The van der Waals surface area contributed by atoms with Crippen molar-refractivity contribution in [3.63, 3.8) is 0 Å². The summed E-state index contributed by atoms with van der Waals surface area (Å²) in [5, 5.41) is 28.7. The summed E-state index contributed by atoms with van der Waals surface area (Å²) < 4.78 is 0. The molecule has 0 aromatic carbocycles. The second-order valence-corrected chi connectivity index (χ2v) is 7.64. The van der Waals surface area contributed by atoms with E-state index in [2.05, 4.69) is 25.5 Å². The van der Waals surface area contributed by atoms with Gasteiger partial charge in [-0.25, -0.2) is 9.78 Å². The Morgan fingerprint density at radius 3 is 2.64 bits per heavy atom. The van der Waals surface area contributed by atoms with E-state index in [0.717, 1.165) is 25.7 Å². The number of fused-ring (bicyclic) bond motifs is 2. The smallest absolute Gasteiger partial charge is 0.407 e. The Balaban J connectivity index is 1.51. The standard InChI is InChI=1S/C17H22ClN7O3/c1-24(12-5-10-2-3-11(6-12)25(10)17(27)28)16-19-13(18)7-14(21-16)20-15-4-9(8-26)22-23-15/h4,7,10-12,26H,2-3,5-6,8H2,1H3,(H,27,28)(H2,19,20,21,22,23)/t10-,11+,12-. The zero-order valence-corrected chi connectivity index (χ0v) is 16.1. The number of aliphatic hydroxyl groups is 1. The Morgan fingerprint density at radius 1 is 1.32 bits per heavy atom. The van der Waals surface area contributed by atoms with Gasteiger partial charge in [0, 0.05) is 37.3 Å². The molecule has 11 heteroatoms. The quantitative estimate of drug-likeness (QED) is 0.555. The number of carbonyl (C=O) groups is 1. The fraction of sp³-hybridized carbons (Fsp3) is 0.529. The summed E-state index contributed by atoms with van der Waals surface area (Å²) in [4.78, 5) is 23.9. The van der Waals surface area contributed by atoms with Crippen molar-refractivity contribution < 1.29 is 15.0 Å². The van der Waals surface area contributed by atoms with Crippen molar-refractivity contribution in [2.24, 2.45) is 0 Å². The summed E-state index contributed by atoms with van der Waals surface area (Å²) in [6.07, 6.45) is 2.46. The van der Waals surface area contributed by atoms with Crippen molar-refractivity contribution >= 4 is 35.3 Å². The van der Waals surface area contributed by atoms with Crippen molar-refractivity contribution in [1.82, 2.24) is 25.1 Å². The van der Waals surface area contributed by atoms with Gasteiger partial charge in [-0.1, -0.05) is 11.6 Å². The normalized spacial score (nSPS) is 23.7. The number of H-pyrrole nitrogens is 1. The summed E-state index contributed by atoms with van der Waals surface area (Å²) in [6, 6.07) is 3.51. The number of nitrogens with zero attached hydrogens (tertiary/aromatic N) is 5. The molecule has 2 saturated heterocycles. The van der Waals surface area contributed by atoms with Crippen LogP contribution in [0, 0.1) is 0 Å². The number of nitrogens with one attached hydrogen (secondary N) is 2. The number of aromatic amines is 1. The fourth-order valence-electron chi connectivity index (χ4n) is 4.21. The number of carboxylic acid groups (broad SMARTS) is 1. The molecule has 10 nitrogen and oxygen atoms in total. The topological polar surface area (TPSA) is 130 Å². The third-order valence-corrected chi connectivity index (χ3v) is 5.73. The van der Waals surface area contributed by atoms with Gasteiger partial charge in [0.15, 0.2) is 5.82 Å². The van der Waals surface area contributed by atoms with E-state index in [0.29, 0.717) is 28.4 Å². The van der Waals surface area contributed by atoms with E-state index in [4.69, 9.17) is 16.7 Å². The third-order valence-electron chi connectivity index (χ3n) is 5.53. The van der Waals surface area contributed by atoms with Gasteiger partial charge in [0.25, 0.3) is 0 Å². The summed E-state index contributed by atoms with van der Waals surface area (Å²) >= 11 is 6.19. The predicted octanol–water partition coefficient (Wildman–Crippen LogP) is 2.20. The molecule has 3 atom stereocenters. The maximum absolute atomic E-state index is 11.5. The van der Waals surface area contributed by atoms with Gasteiger partial charge < -0.3 is 25.3 Å². The van der Waals surface area contributed by atoms with Crippen LogP contribution in [0.25, 0.3) is 0 Å². The van der Waals surface area contributed by atoms with Crippen LogP contribution >= 0.6 is 11.6 Å². The molecule has 150 valence electrons. The van der Waals surface area contributed by atoms with E-state index in [1.807, 2.05) is 11.9 Å². The molecule has 0 saturated carbocycles. The molecule has 0 radical (unpaired) electrons. The monoisotopic (exact) mass is 407 g/mol. The molecule has 1 amide bonds. The molecule has 0 spiro atoms. The maximum Gasteiger partial charge on any atom is 0.407 e. The lowest BCUT2D eigenvalue weighted by Gasteiger charge is -2.40. The number of halogens is 1. The molecule has 4 N–H and O–H groups in total. The molecule has 2 aliphatic rings. The second kappa shape index (κ2) is 7.44. The molecule has 0 unspecified atom stereocenters. The van der Waals surface area contributed by atoms with E-state index in [9.17, 15) is 9.90 Å². The highest BCUT2D eigenvalue weighted by atomic mass is 35.5. The lowest BCUT2D eigenvalue weighted by atomic mass is 9.97. The molecule has 4 heterocycles. The van der Waals surface area contributed by atoms with Gasteiger partial charge in [-0.2, -0.15) is 10.1 Å². The highest BCUT2D eigenvalue weighted by molar-refractivity contribution is 6.29. The average Bonchev–Trinajstić information content (AvgIpc) is 3.22. The van der Waals surface area contributed by atoms with Crippen LogP contribution in [-0.2, 0) is 6.61 Å². The molecular formula is C17H22ClN7O3. The molecule has 2 fully saturated rings. The van der Waals surface area contributed by atoms with E-state index < -0.39 is 6.09 Å². The molecular weight excluding hydrogens is 386 g/mol. The first-order valence-corrected chi connectivity index (χ1v) is 9.53. The summed E-state index contributed by atoms with van der Waals surface area (Å²) in [5.41, 5.74) is 0.584. The van der Waals surface area contributed by atoms with Crippen molar-refractivity contribution in [2.45, 2.75) is 50.4 Å². The van der Waals surface area contributed by atoms with Crippen LogP contribution in [0.5, 0.6) is 0 Å². The number of hydrogen-bond acceptors (Lipinski definition) is 7. The highest BCUT2D eigenvalue weighted by Gasteiger charge is 2.44. The Morgan fingerprint density at radius 2 is 2.04 bits per heavy atom. The van der Waals surface area contributed by atoms with Gasteiger partial charge in [-0.15, -0.1) is 0 Å². The first kappa shape index (κ1) is 18.8. The summed E-state index contributed by atoms with van der Waals surface area (Å²) in [5.74, 6) is 1.48. The van der Waals surface area contributed by atoms with Crippen LogP contribution in [0.15, 0.2) is 12.1 Å².